The van der Waals surface area contributed by atoms with Gasteiger partial charge in [-0.15, -0.1) is 0 Å². The van der Waals surface area contributed by atoms with Crippen LogP contribution in [0.1, 0.15) is 40.0 Å². The van der Waals surface area contributed by atoms with Gasteiger partial charge in [-0.3, -0.25) is 4.79 Å². The van der Waals surface area contributed by atoms with Gasteiger partial charge < -0.3 is 4.74 Å². The third-order valence-corrected chi connectivity index (χ3v) is 2.06. The molecule has 0 spiro atoms. The van der Waals surface area contributed by atoms with Crippen molar-refractivity contribution >= 4 is 18.6 Å². The number of ether oxygens (including phenoxy) is 1. The maximum atomic E-state index is 10.5. The maximum Gasteiger partial charge on any atom is 0.302 e. The number of hydrogen-bond acceptors (Lipinski definition) is 3. The Kier molecular flexibility index (Phi) is 6.25. The number of thiol groups is 1. The third-order valence-electron chi connectivity index (χ3n) is 1.59. The Morgan fingerprint density at radius 1 is 1.58 bits per heavy atom. The molecule has 12 heavy (non-hydrogen) atoms. The summed E-state index contributed by atoms with van der Waals surface area (Å²) in [5.74, 6) is -0.209. The van der Waals surface area contributed by atoms with E-state index < -0.39 is 0 Å². The van der Waals surface area contributed by atoms with E-state index in [1.165, 1.54) is 6.92 Å². The van der Waals surface area contributed by atoms with Crippen LogP contribution in [0.15, 0.2) is 0 Å². The molecular formula is C9H18O2S. The summed E-state index contributed by atoms with van der Waals surface area (Å²) in [6.07, 6.45) is 3.04. The lowest BCUT2D eigenvalue weighted by Crippen LogP contribution is -2.16. The SMILES string of the molecule is CCC[C@@H](S)C[C@H](C)OC(C)=O. The van der Waals surface area contributed by atoms with Gasteiger partial charge in [0, 0.05) is 12.2 Å². The molecule has 0 bridgehead atoms. The van der Waals surface area contributed by atoms with Gasteiger partial charge in [-0.05, 0) is 19.8 Å². The van der Waals surface area contributed by atoms with Crippen LogP contribution in [0.2, 0.25) is 0 Å². The van der Waals surface area contributed by atoms with Crippen molar-refractivity contribution in [3.05, 3.63) is 0 Å². The first kappa shape index (κ1) is 11.8. The van der Waals surface area contributed by atoms with Gasteiger partial charge in [-0.25, -0.2) is 0 Å². The molecule has 0 amide bonds. The van der Waals surface area contributed by atoms with Crippen LogP contribution < -0.4 is 0 Å². The molecule has 0 saturated carbocycles. The number of carbonyl (C=O) groups is 1. The maximum absolute atomic E-state index is 10.5. The molecule has 72 valence electrons. The molecule has 0 heterocycles. The molecule has 0 rings (SSSR count). The lowest BCUT2D eigenvalue weighted by atomic mass is 10.1. The second-order valence-electron chi connectivity index (χ2n) is 3.10. The van der Waals surface area contributed by atoms with E-state index in [2.05, 4.69) is 19.6 Å². The first-order chi connectivity index (χ1) is 5.56. The largest absolute Gasteiger partial charge is 0.463 e. The van der Waals surface area contributed by atoms with E-state index in [1.54, 1.807) is 0 Å². The summed E-state index contributed by atoms with van der Waals surface area (Å²) < 4.78 is 4.98. The fourth-order valence-corrected chi connectivity index (χ4v) is 1.72. The summed E-state index contributed by atoms with van der Waals surface area (Å²) in [6.45, 7) is 5.46. The normalized spacial score (nSPS) is 15.3. The van der Waals surface area contributed by atoms with E-state index in [-0.39, 0.29) is 12.1 Å². The van der Waals surface area contributed by atoms with E-state index in [1.807, 2.05) is 6.92 Å². The molecule has 0 aromatic carbocycles. The molecular weight excluding hydrogens is 172 g/mol. The number of carbonyl (C=O) groups excluding carboxylic acids is 1. The highest BCUT2D eigenvalue weighted by atomic mass is 32.1. The molecule has 0 fully saturated rings. The van der Waals surface area contributed by atoms with Gasteiger partial charge in [0.1, 0.15) is 6.10 Å². The Bertz CT molecular complexity index is 136. The first-order valence-corrected chi connectivity index (χ1v) is 4.93. The zero-order chi connectivity index (χ0) is 9.56. The van der Waals surface area contributed by atoms with Crippen LogP contribution in [-0.4, -0.2) is 17.3 Å². The highest BCUT2D eigenvalue weighted by Crippen LogP contribution is 2.13. The van der Waals surface area contributed by atoms with Gasteiger partial charge in [0.25, 0.3) is 0 Å². The predicted octanol–water partition coefficient (Wildman–Crippen LogP) is 2.43. The third kappa shape index (κ3) is 6.53. The molecule has 0 unspecified atom stereocenters. The molecule has 0 N–H and O–H groups in total. The predicted molar refractivity (Wildman–Crippen MR) is 53.5 cm³/mol. The van der Waals surface area contributed by atoms with Gasteiger partial charge in [0.15, 0.2) is 0 Å². The Labute approximate surface area is 80.1 Å². The van der Waals surface area contributed by atoms with Gasteiger partial charge >= 0.3 is 5.97 Å². The molecule has 0 aliphatic carbocycles. The molecule has 0 aliphatic heterocycles. The van der Waals surface area contributed by atoms with Crippen molar-refractivity contribution in [1.29, 1.82) is 0 Å². The summed E-state index contributed by atoms with van der Waals surface area (Å²) >= 11 is 4.38. The quantitative estimate of drug-likeness (QED) is 0.532. The van der Waals surface area contributed by atoms with E-state index in [9.17, 15) is 4.79 Å². The molecule has 2 atom stereocenters. The molecule has 2 nitrogen and oxygen atoms in total. The molecule has 0 aliphatic rings. The summed E-state index contributed by atoms with van der Waals surface area (Å²) in [4.78, 5) is 10.5. The smallest absolute Gasteiger partial charge is 0.302 e. The highest BCUT2D eigenvalue weighted by Gasteiger charge is 2.10. The first-order valence-electron chi connectivity index (χ1n) is 4.41. The van der Waals surface area contributed by atoms with Crippen molar-refractivity contribution < 1.29 is 9.53 Å². The van der Waals surface area contributed by atoms with Gasteiger partial charge in [0.05, 0.1) is 0 Å². The van der Waals surface area contributed by atoms with E-state index in [0.717, 1.165) is 19.3 Å². The van der Waals surface area contributed by atoms with Crippen molar-refractivity contribution in [2.24, 2.45) is 0 Å². The fourth-order valence-electron chi connectivity index (χ4n) is 1.17. The lowest BCUT2D eigenvalue weighted by Gasteiger charge is -2.15. The summed E-state index contributed by atoms with van der Waals surface area (Å²) in [7, 11) is 0. The Hall–Kier alpha value is -0.180. The molecule has 0 saturated heterocycles. The van der Waals surface area contributed by atoms with Crippen molar-refractivity contribution in [2.75, 3.05) is 0 Å². The van der Waals surface area contributed by atoms with Crippen LogP contribution in [0.25, 0.3) is 0 Å². The molecule has 0 aromatic heterocycles. The molecule has 0 radical (unpaired) electrons. The van der Waals surface area contributed by atoms with Crippen LogP contribution in [-0.2, 0) is 9.53 Å². The number of hydrogen-bond donors (Lipinski definition) is 1. The van der Waals surface area contributed by atoms with Crippen molar-refractivity contribution in [3.63, 3.8) is 0 Å². The Morgan fingerprint density at radius 3 is 2.58 bits per heavy atom. The van der Waals surface area contributed by atoms with Crippen LogP contribution in [0.5, 0.6) is 0 Å². The fraction of sp³-hybridized carbons (Fsp3) is 0.889. The van der Waals surface area contributed by atoms with Gasteiger partial charge in [-0.1, -0.05) is 13.3 Å². The van der Waals surface area contributed by atoms with Crippen molar-refractivity contribution in [2.45, 2.75) is 51.4 Å². The Balaban J connectivity index is 3.53. The van der Waals surface area contributed by atoms with E-state index in [0.29, 0.717) is 5.25 Å². The van der Waals surface area contributed by atoms with E-state index in [4.69, 9.17) is 4.74 Å². The lowest BCUT2D eigenvalue weighted by molar-refractivity contribution is -0.145. The van der Waals surface area contributed by atoms with E-state index >= 15 is 0 Å². The van der Waals surface area contributed by atoms with Crippen LogP contribution >= 0.6 is 12.6 Å². The minimum absolute atomic E-state index is 0.00319. The Morgan fingerprint density at radius 2 is 2.17 bits per heavy atom. The summed E-state index contributed by atoms with van der Waals surface area (Å²) in [5.41, 5.74) is 0. The average Bonchev–Trinajstić information content (AvgIpc) is 1.84. The topological polar surface area (TPSA) is 26.3 Å². The zero-order valence-corrected chi connectivity index (χ0v) is 8.93. The number of rotatable bonds is 5. The second kappa shape index (κ2) is 6.35. The van der Waals surface area contributed by atoms with Crippen LogP contribution in [0.3, 0.4) is 0 Å². The zero-order valence-electron chi connectivity index (χ0n) is 8.04. The van der Waals surface area contributed by atoms with Crippen molar-refractivity contribution in [1.82, 2.24) is 0 Å². The summed E-state index contributed by atoms with van der Waals surface area (Å²) in [5, 5.41) is 0.351. The molecule has 0 aromatic rings. The highest BCUT2D eigenvalue weighted by molar-refractivity contribution is 7.80. The minimum atomic E-state index is -0.209. The average molecular weight is 190 g/mol. The summed E-state index contributed by atoms with van der Waals surface area (Å²) in [6, 6.07) is 0. The van der Waals surface area contributed by atoms with Gasteiger partial charge in [-0.2, -0.15) is 12.6 Å². The standard InChI is InChI=1S/C9H18O2S/c1-4-5-9(12)6-7(2)11-8(3)10/h7,9,12H,4-6H2,1-3H3/t7-,9+/m0/s1. The number of esters is 1. The van der Waals surface area contributed by atoms with Crippen LogP contribution in [0, 0.1) is 0 Å². The van der Waals surface area contributed by atoms with Crippen LogP contribution in [0.4, 0.5) is 0 Å². The molecule has 3 heteroatoms. The van der Waals surface area contributed by atoms with Gasteiger partial charge in [0.2, 0.25) is 0 Å². The second-order valence-corrected chi connectivity index (χ2v) is 3.83. The monoisotopic (exact) mass is 190 g/mol. The minimum Gasteiger partial charge on any atom is -0.463 e. The van der Waals surface area contributed by atoms with Crippen molar-refractivity contribution in [3.8, 4) is 0 Å².